The predicted octanol–water partition coefficient (Wildman–Crippen LogP) is 6.22. The van der Waals surface area contributed by atoms with Crippen LogP contribution in [0.2, 0.25) is 0 Å². The highest BCUT2D eigenvalue weighted by Crippen LogP contribution is 2.58. The van der Waals surface area contributed by atoms with Crippen LogP contribution in [0.5, 0.6) is 0 Å². The first-order valence-corrected chi connectivity index (χ1v) is 10.8. The molecule has 0 amide bonds. The molecule has 170 valence electrons. The van der Waals surface area contributed by atoms with Gasteiger partial charge in [-0.1, -0.05) is 24.3 Å². The van der Waals surface area contributed by atoms with Gasteiger partial charge in [0.25, 0.3) is 0 Å². The van der Waals surface area contributed by atoms with E-state index in [-0.39, 0.29) is 21.6 Å². The molecule has 1 saturated carbocycles. The Morgan fingerprint density at radius 3 is 1.75 bits per heavy atom. The van der Waals surface area contributed by atoms with Crippen molar-refractivity contribution in [2.24, 2.45) is 5.41 Å². The lowest BCUT2D eigenvalue weighted by atomic mass is 9.93. The number of allylic oxidation sites excluding steroid dienone is 4. The quantitative estimate of drug-likeness (QED) is 0.385. The molecule has 0 atom stereocenters. The molecule has 0 aromatic heterocycles. The molecule has 1 spiro atoms. The number of sulfone groups is 1. The minimum atomic E-state index is -5.66. The molecule has 32 heavy (non-hydrogen) atoms. The molecule has 0 N–H and O–H groups in total. The Bertz CT molecular complexity index is 1260. The molecule has 4 rings (SSSR count). The summed E-state index contributed by atoms with van der Waals surface area (Å²) in [5, 5.41) is 0. The highest BCUT2D eigenvalue weighted by molar-refractivity contribution is 7.91. The number of hydrogen-bond acceptors (Lipinski definition) is 2. The molecule has 0 radical (unpaired) electrons. The molecule has 2 aromatic carbocycles. The van der Waals surface area contributed by atoms with Crippen LogP contribution in [-0.2, 0) is 16.0 Å². The van der Waals surface area contributed by atoms with E-state index in [1.165, 1.54) is 18.2 Å². The fraction of sp³-hybridized carbons (Fsp3) is 0.238. The minimum Gasteiger partial charge on any atom is -0.233 e. The average molecular weight is 480 g/mol. The summed E-state index contributed by atoms with van der Waals surface area (Å²) in [5.74, 6) is -9.51. The summed E-state index contributed by atoms with van der Waals surface area (Å²) in [6.07, 6.45) is -1.73. The Kier molecular flexibility index (Phi) is 5.03. The molecule has 2 aliphatic rings. The van der Waals surface area contributed by atoms with Crippen molar-refractivity contribution in [1.82, 2.24) is 0 Å². The smallest absolute Gasteiger partial charge is 0.233 e. The monoisotopic (exact) mass is 480 g/mol. The van der Waals surface area contributed by atoms with Crippen LogP contribution in [-0.4, -0.2) is 14.4 Å². The van der Waals surface area contributed by atoms with Gasteiger partial charge in [-0.2, -0.15) is 13.2 Å². The standard InChI is InChI=1S/C21H12F8O2S/c22-9-32(30,31)11-3-1-10(2-4-11)12-7-20(5-6-20)8-13(12)14-16(23)18(25)15(21(27,28)29)19(26)17(14)24/h1-4,7-8H,5-6,9H2. The maximum Gasteiger partial charge on any atom is 0.422 e. The first-order chi connectivity index (χ1) is 14.8. The molecule has 11 heteroatoms. The number of rotatable bonds is 4. The third-order valence-corrected chi connectivity index (χ3v) is 6.74. The second kappa shape index (κ2) is 7.16. The van der Waals surface area contributed by atoms with Crippen molar-refractivity contribution in [2.45, 2.75) is 23.9 Å². The predicted molar refractivity (Wildman–Crippen MR) is 98.5 cm³/mol. The summed E-state index contributed by atoms with van der Waals surface area (Å²) in [6.45, 7) is 0. The summed E-state index contributed by atoms with van der Waals surface area (Å²) in [4.78, 5) is -0.363. The van der Waals surface area contributed by atoms with Gasteiger partial charge in [0.2, 0.25) is 9.84 Å². The van der Waals surface area contributed by atoms with Crippen LogP contribution in [0.1, 0.15) is 29.5 Å². The molecule has 0 aliphatic heterocycles. The third kappa shape index (κ3) is 3.52. The number of alkyl halides is 4. The lowest BCUT2D eigenvalue weighted by Crippen LogP contribution is -2.17. The zero-order valence-corrected chi connectivity index (χ0v) is 16.7. The van der Waals surface area contributed by atoms with Gasteiger partial charge in [-0.15, -0.1) is 0 Å². The van der Waals surface area contributed by atoms with Gasteiger partial charge in [0, 0.05) is 5.41 Å². The first-order valence-electron chi connectivity index (χ1n) is 9.10. The van der Waals surface area contributed by atoms with E-state index in [1.54, 1.807) is 6.08 Å². The fourth-order valence-electron chi connectivity index (χ4n) is 3.67. The van der Waals surface area contributed by atoms with Crippen molar-refractivity contribution in [3.63, 3.8) is 0 Å². The molecule has 2 aromatic rings. The number of halogens is 8. The topological polar surface area (TPSA) is 34.1 Å². The minimum absolute atomic E-state index is 0.0584. The number of hydrogen-bond donors (Lipinski definition) is 0. The maximum absolute atomic E-state index is 14.6. The van der Waals surface area contributed by atoms with Crippen molar-refractivity contribution in [1.29, 1.82) is 0 Å². The van der Waals surface area contributed by atoms with E-state index in [0.29, 0.717) is 12.8 Å². The van der Waals surface area contributed by atoms with E-state index >= 15 is 0 Å². The second-order valence-electron chi connectivity index (χ2n) is 7.60. The van der Waals surface area contributed by atoms with Crippen LogP contribution in [0.15, 0.2) is 41.3 Å². The van der Waals surface area contributed by atoms with Crippen LogP contribution in [0.4, 0.5) is 35.1 Å². The normalized spacial score (nSPS) is 17.5. The molecule has 0 heterocycles. The second-order valence-corrected chi connectivity index (χ2v) is 9.52. The summed E-state index contributed by atoms with van der Waals surface area (Å²) >= 11 is 0. The lowest BCUT2D eigenvalue weighted by Gasteiger charge is -2.16. The fourth-order valence-corrected chi connectivity index (χ4v) is 4.35. The molecule has 1 fully saturated rings. The molecular formula is C21H12F8O2S. The van der Waals surface area contributed by atoms with E-state index in [9.17, 15) is 43.5 Å². The molecule has 0 bridgehead atoms. The van der Waals surface area contributed by atoms with E-state index < -0.39 is 61.8 Å². The molecule has 0 saturated heterocycles. The Hall–Kier alpha value is -2.69. The summed E-state index contributed by atoms with van der Waals surface area (Å²) in [6, 6.07) is 2.85. The lowest BCUT2D eigenvalue weighted by molar-refractivity contribution is -0.143. The van der Waals surface area contributed by atoms with Crippen molar-refractivity contribution >= 4 is 21.0 Å². The van der Waals surface area contributed by atoms with Gasteiger partial charge in [0.1, 0.15) is 5.56 Å². The zero-order chi connectivity index (χ0) is 23.6. The SMILES string of the molecule is O=S(=O)(CF)c1ccc(C2=CC3(C=C2c2c(F)c(F)c(C(F)(F)F)c(F)c2F)CC3)cc1. The molecule has 2 nitrogen and oxygen atoms in total. The molecular weight excluding hydrogens is 468 g/mol. The van der Waals surface area contributed by atoms with Gasteiger partial charge in [-0.3, -0.25) is 0 Å². The first kappa shape index (κ1) is 22.5. The zero-order valence-electron chi connectivity index (χ0n) is 15.8. The summed E-state index contributed by atoms with van der Waals surface area (Å²) in [5.41, 5.74) is -4.75. The van der Waals surface area contributed by atoms with Gasteiger partial charge in [0.05, 0.1) is 10.5 Å². The third-order valence-electron chi connectivity index (χ3n) is 5.47. The van der Waals surface area contributed by atoms with Gasteiger partial charge < -0.3 is 0 Å². The van der Waals surface area contributed by atoms with Crippen LogP contribution in [0.25, 0.3) is 11.1 Å². The van der Waals surface area contributed by atoms with Crippen molar-refractivity contribution in [2.75, 3.05) is 6.01 Å². The van der Waals surface area contributed by atoms with Crippen molar-refractivity contribution in [3.05, 3.63) is 76.4 Å². The number of benzene rings is 2. The van der Waals surface area contributed by atoms with Crippen LogP contribution < -0.4 is 0 Å². The van der Waals surface area contributed by atoms with Crippen LogP contribution in [0, 0.1) is 28.7 Å². The van der Waals surface area contributed by atoms with Crippen molar-refractivity contribution in [3.8, 4) is 0 Å². The Morgan fingerprint density at radius 2 is 1.31 bits per heavy atom. The van der Waals surface area contributed by atoms with Crippen molar-refractivity contribution < 1.29 is 43.5 Å². The highest BCUT2D eigenvalue weighted by atomic mass is 32.2. The summed E-state index contributed by atoms with van der Waals surface area (Å²) < 4.78 is 132. The Morgan fingerprint density at radius 1 is 0.812 bits per heavy atom. The summed E-state index contributed by atoms with van der Waals surface area (Å²) in [7, 11) is -4.18. The Balaban J connectivity index is 1.87. The van der Waals surface area contributed by atoms with E-state index in [0.717, 1.165) is 12.1 Å². The molecule has 0 unspecified atom stereocenters. The van der Waals surface area contributed by atoms with Gasteiger partial charge in [-0.05, 0) is 41.7 Å². The average Bonchev–Trinajstić information content (AvgIpc) is 3.37. The van der Waals surface area contributed by atoms with Gasteiger partial charge >= 0.3 is 6.18 Å². The highest BCUT2D eigenvalue weighted by Gasteiger charge is 2.47. The van der Waals surface area contributed by atoms with E-state index in [4.69, 9.17) is 0 Å². The van der Waals surface area contributed by atoms with Crippen LogP contribution >= 0.6 is 0 Å². The Labute approximate surface area is 176 Å². The van der Waals surface area contributed by atoms with E-state index in [2.05, 4.69) is 0 Å². The largest absolute Gasteiger partial charge is 0.422 e. The van der Waals surface area contributed by atoms with E-state index in [1.807, 2.05) is 0 Å². The van der Waals surface area contributed by atoms with Gasteiger partial charge in [-0.25, -0.2) is 30.4 Å². The van der Waals surface area contributed by atoms with Gasteiger partial charge in [0.15, 0.2) is 29.3 Å². The molecule has 2 aliphatic carbocycles. The van der Waals surface area contributed by atoms with Crippen LogP contribution in [0.3, 0.4) is 0 Å². The maximum atomic E-state index is 14.6.